The van der Waals surface area contributed by atoms with Gasteiger partial charge in [-0.2, -0.15) is 0 Å². The number of methoxy groups -OCH3 is 1. The fraction of sp³-hybridized carbons (Fsp3) is 0.500. The van der Waals surface area contributed by atoms with Gasteiger partial charge in [-0.15, -0.1) is 0 Å². The molecule has 0 aliphatic carbocycles. The van der Waals surface area contributed by atoms with Crippen LogP contribution in [0.1, 0.15) is 30.0 Å². The molecule has 0 spiro atoms. The molecule has 5 heteroatoms. The standard InChI is InChI=1S/C12H17N3O2/c1-9-8-10(5-6-12(9)17-2)11(14-15-13)4-3-7-16/h5-6,8,11,16H,3-4,7H2,1-2H3. The second-order valence-corrected chi connectivity index (χ2v) is 3.82. The van der Waals surface area contributed by atoms with Gasteiger partial charge in [-0.3, -0.25) is 0 Å². The Hall–Kier alpha value is -1.71. The molecule has 0 saturated heterocycles. The van der Waals surface area contributed by atoms with Crippen LogP contribution in [0.2, 0.25) is 0 Å². The molecule has 0 aromatic heterocycles. The second-order valence-electron chi connectivity index (χ2n) is 3.82. The van der Waals surface area contributed by atoms with Crippen LogP contribution >= 0.6 is 0 Å². The van der Waals surface area contributed by atoms with Gasteiger partial charge in [0.1, 0.15) is 5.75 Å². The Kier molecular flexibility index (Phi) is 5.33. The first kappa shape index (κ1) is 13.4. The van der Waals surface area contributed by atoms with Crippen molar-refractivity contribution in [2.45, 2.75) is 25.8 Å². The highest BCUT2D eigenvalue weighted by Crippen LogP contribution is 2.27. The normalized spacial score (nSPS) is 11.7. The summed E-state index contributed by atoms with van der Waals surface area (Å²) in [5.41, 5.74) is 10.5. The van der Waals surface area contributed by atoms with Gasteiger partial charge in [0.25, 0.3) is 0 Å². The molecule has 1 N–H and O–H groups in total. The van der Waals surface area contributed by atoms with Crippen molar-refractivity contribution in [3.8, 4) is 5.75 Å². The largest absolute Gasteiger partial charge is 0.496 e. The summed E-state index contributed by atoms with van der Waals surface area (Å²) < 4.78 is 5.18. The molecule has 17 heavy (non-hydrogen) atoms. The van der Waals surface area contributed by atoms with E-state index in [9.17, 15) is 0 Å². The van der Waals surface area contributed by atoms with Crippen LogP contribution in [-0.4, -0.2) is 18.8 Å². The van der Waals surface area contributed by atoms with Crippen molar-refractivity contribution in [1.29, 1.82) is 0 Å². The van der Waals surface area contributed by atoms with Crippen LogP contribution in [0.15, 0.2) is 23.3 Å². The van der Waals surface area contributed by atoms with Gasteiger partial charge in [-0.05, 0) is 42.5 Å². The number of aliphatic hydroxyl groups excluding tert-OH is 1. The van der Waals surface area contributed by atoms with Gasteiger partial charge in [0, 0.05) is 11.5 Å². The molecule has 1 atom stereocenters. The highest BCUT2D eigenvalue weighted by molar-refractivity contribution is 5.37. The van der Waals surface area contributed by atoms with E-state index in [-0.39, 0.29) is 12.6 Å². The Morgan fingerprint density at radius 3 is 2.82 bits per heavy atom. The van der Waals surface area contributed by atoms with Gasteiger partial charge in [0.15, 0.2) is 0 Å². The first-order valence-corrected chi connectivity index (χ1v) is 5.52. The third kappa shape index (κ3) is 3.66. The van der Waals surface area contributed by atoms with E-state index in [1.165, 1.54) is 0 Å². The predicted molar refractivity (Wildman–Crippen MR) is 65.9 cm³/mol. The maximum Gasteiger partial charge on any atom is 0.121 e. The average Bonchev–Trinajstić information content (AvgIpc) is 2.34. The lowest BCUT2D eigenvalue weighted by atomic mass is 10.0. The highest BCUT2D eigenvalue weighted by Gasteiger charge is 2.10. The Balaban J connectivity index is 2.93. The first-order chi connectivity index (χ1) is 8.22. The van der Waals surface area contributed by atoms with Crippen LogP contribution in [0.4, 0.5) is 0 Å². The van der Waals surface area contributed by atoms with Gasteiger partial charge >= 0.3 is 0 Å². The fourth-order valence-electron chi connectivity index (χ4n) is 1.75. The lowest BCUT2D eigenvalue weighted by molar-refractivity contribution is 0.280. The number of azide groups is 1. The summed E-state index contributed by atoms with van der Waals surface area (Å²) in [7, 11) is 1.62. The van der Waals surface area contributed by atoms with Crippen LogP contribution in [0, 0.1) is 6.92 Å². The topological polar surface area (TPSA) is 78.2 Å². The Morgan fingerprint density at radius 1 is 1.53 bits per heavy atom. The lowest BCUT2D eigenvalue weighted by Gasteiger charge is -2.13. The number of aliphatic hydroxyl groups is 1. The van der Waals surface area contributed by atoms with Gasteiger partial charge in [-0.25, -0.2) is 0 Å². The highest BCUT2D eigenvalue weighted by atomic mass is 16.5. The zero-order valence-corrected chi connectivity index (χ0v) is 10.1. The maximum atomic E-state index is 8.81. The molecule has 0 amide bonds. The molecule has 0 fully saturated rings. The number of hydrogen-bond acceptors (Lipinski definition) is 3. The third-order valence-electron chi connectivity index (χ3n) is 2.63. The summed E-state index contributed by atoms with van der Waals surface area (Å²) in [5, 5.41) is 12.6. The summed E-state index contributed by atoms with van der Waals surface area (Å²) in [6.45, 7) is 2.05. The fourth-order valence-corrected chi connectivity index (χ4v) is 1.75. The summed E-state index contributed by atoms with van der Waals surface area (Å²) in [4.78, 5) is 2.85. The van der Waals surface area contributed by atoms with E-state index in [1.807, 2.05) is 25.1 Å². The van der Waals surface area contributed by atoms with E-state index >= 15 is 0 Å². The van der Waals surface area contributed by atoms with Gasteiger partial charge < -0.3 is 9.84 Å². The third-order valence-corrected chi connectivity index (χ3v) is 2.63. The van der Waals surface area contributed by atoms with Crippen molar-refractivity contribution in [1.82, 2.24) is 0 Å². The van der Waals surface area contributed by atoms with Crippen LogP contribution < -0.4 is 4.74 Å². The lowest BCUT2D eigenvalue weighted by Crippen LogP contribution is -1.98. The molecule has 5 nitrogen and oxygen atoms in total. The molecular formula is C12H17N3O2. The molecule has 92 valence electrons. The molecule has 0 heterocycles. The SMILES string of the molecule is COc1ccc(C(CCCO)N=[N+]=[N-])cc1C. The number of ether oxygens (including phenoxy) is 1. The van der Waals surface area contributed by atoms with Gasteiger partial charge in [0.2, 0.25) is 0 Å². The molecular weight excluding hydrogens is 218 g/mol. The van der Waals surface area contributed by atoms with E-state index in [0.29, 0.717) is 12.8 Å². The monoisotopic (exact) mass is 235 g/mol. The van der Waals surface area contributed by atoms with Crippen molar-refractivity contribution < 1.29 is 9.84 Å². The van der Waals surface area contributed by atoms with Gasteiger partial charge in [-0.1, -0.05) is 17.2 Å². The van der Waals surface area contributed by atoms with Crippen molar-refractivity contribution in [3.05, 3.63) is 39.8 Å². The summed E-state index contributed by atoms with van der Waals surface area (Å²) in [5.74, 6) is 0.815. The van der Waals surface area contributed by atoms with E-state index in [4.69, 9.17) is 15.4 Å². The van der Waals surface area contributed by atoms with Crippen LogP contribution in [0.25, 0.3) is 10.4 Å². The number of rotatable bonds is 6. The van der Waals surface area contributed by atoms with E-state index in [2.05, 4.69) is 10.0 Å². The average molecular weight is 235 g/mol. The van der Waals surface area contributed by atoms with E-state index < -0.39 is 0 Å². The van der Waals surface area contributed by atoms with Crippen molar-refractivity contribution >= 4 is 0 Å². The Morgan fingerprint density at radius 2 is 2.29 bits per heavy atom. The Labute approximate surface area is 101 Å². The summed E-state index contributed by atoms with van der Waals surface area (Å²) in [6, 6.07) is 5.48. The molecule has 1 rings (SSSR count). The number of nitrogens with zero attached hydrogens (tertiary/aromatic N) is 3. The molecule has 1 aromatic rings. The first-order valence-electron chi connectivity index (χ1n) is 5.52. The van der Waals surface area contributed by atoms with Crippen LogP contribution in [-0.2, 0) is 0 Å². The van der Waals surface area contributed by atoms with E-state index in [0.717, 1.165) is 16.9 Å². The molecule has 0 saturated carbocycles. The minimum absolute atomic E-state index is 0.104. The van der Waals surface area contributed by atoms with Crippen LogP contribution in [0.5, 0.6) is 5.75 Å². The number of hydrogen-bond donors (Lipinski definition) is 1. The zero-order chi connectivity index (χ0) is 12.7. The Bertz CT molecular complexity index is 414. The van der Waals surface area contributed by atoms with Gasteiger partial charge in [0.05, 0.1) is 13.2 Å². The minimum atomic E-state index is -0.225. The molecule has 1 unspecified atom stereocenters. The molecule has 0 aliphatic heterocycles. The second kappa shape index (κ2) is 6.78. The molecule has 0 radical (unpaired) electrons. The van der Waals surface area contributed by atoms with Crippen molar-refractivity contribution in [2.75, 3.05) is 13.7 Å². The van der Waals surface area contributed by atoms with Crippen LogP contribution in [0.3, 0.4) is 0 Å². The quantitative estimate of drug-likeness (QED) is 0.467. The summed E-state index contributed by atoms with van der Waals surface area (Å²) in [6.07, 6.45) is 1.26. The predicted octanol–water partition coefficient (Wildman–Crippen LogP) is 3.13. The minimum Gasteiger partial charge on any atom is -0.496 e. The number of aryl methyl sites for hydroxylation is 1. The molecule has 0 bridgehead atoms. The van der Waals surface area contributed by atoms with E-state index in [1.54, 1.807) is 7.11 Å². The molecule has 1 aromatic carbocycles. The summed E-state index contributed by atoms with van der Waals surface area (Å²) >= 11 is 0. The maximum absolute atomic E-state index is 8.81. The zero-order valence-electron chi connectivity index (χ0n) is 10.1. The smallest absolute Gasteiger partial charge is 0.121 e. The van der Waals surface area contributed by atoms with Crippen molar-refractivity contribution in [2.24, 2.45) is 5.11 Å². The number of benzene rings is 1. The molecule has 0 aliphatic rings. The van der Waals surface area contributed by atoms with Crippen molar-refractivity contribution in [3.63, 3.8) is 0 Å².